The minimum atomic E-state index is -4.57. The second kappa shape index (κ2) is 10.7. The molecule has 1 unspecified atom stereocenters. The van der Waals surface area contributed by atoms with Crippen LogP contribution in [0.5, 0.6) is 17.2 Å². The van der Waals surface area contributed by atoms with Gasteiger partial charge >= 0.3 is 6.18 Å². The number of hydrogen-bond donors (Lipinski definition) is 1. The van der Waals surface area contributed by atoms with Crippen molar-refractivity contribution in [2.75, 3.05) is 13.7 Å². The van der Waals surface area contributed by atoms with E-state index in [-0.39, 0.29) is 24.3 Å². The molecule has 1 saturated carbocycles. The van der Waals surface area contributed by atoms with Crippen LogP contribution in [0.3, 0.4) is 0 Å². The first kappa shape index (κ1) is 26.1. The summed E-state index contributed by atoms with van der Waals surface area (Å²) in [5.74, 6) is 0.808. The standard InChI is InChI=1S/C29H31F3N2O4/c1-36-25-12-11-19(14-26(25)37-23-7-5-6-8-23)21-13-20(27(35)33-17-21)15-28(38-24-9-3-2-4-10-24)16-22(18-34-28)29(30,31)32/h2-4,9-12,14,16,18,20-21,23H,5-8,13,15,17H2,1H3,(H,33,35)/t20-,21-,28?/m1/s1. The topological polar surface area (TPSA) is 69.2 Å². The van der Waals surface area contributed by atoms with Crippen LogP contribution < -0.4 is 19.5 Å². The zero-order chi connectivity index (χ0) is 26.8. The normalized spacial score (nSPS) is 25.7. The van der Waals surface area contributed by atoms with E-state index in [2.05, 4.69) is 10.3 Å². The summed E-state index contributed by atoms with van der Waals surface area (Å²) in [4.78, 5) is 17.1. The van der Waals surface area contributed by atoms with Gasteiger partial charge in [0.15, 0.2) is 11.5 Å². The Morgan fingerprint density at radius 1 is 1.08 bits per heavy atom. The number of nitrogens with one attached hydrogen (secondary N) is 1. The number of benzene rings is 2. The van der Waals surface area contributed by atoms with Gasteiger partial charge in [0.25, 0.3) is 0 Å². The minimum Gasteiger partial charge on any atom is -0.493 e. The molecule has 6 nitrogen and oxygen atoms in total. The molecule has 2 aliphatic heterocycles. The predicted octanol–water partition coefficient (Wildman–Crippen LogP) is 5.97. The number of piperidine rings is 1. The summed E-state index contributed by atoms with van der Waals surface area (Å²) in [7, 11) is 1.60. The van der Waals surface area contributed by atoms with Gasteiger partial charge < -0.3 is 19.5 Å². The van der Waals surface area contributed by atoms with Crippen LogP contribution in [0, 0.1) is 5.92 Å². The number of ether oxygens (including phenoxy) is 3. The van der Waals surface area contributed by atoms with Crippen LogP contribution >= 0.6 is 0 Å². The van der Waals surface area contributed by atoms with E-state index in [1.165, 1.54) is 0 Å². The lowest BCUT2D eigenvalue weighted by Crippen LogP contribution is -2.45. The van der Waals surface area contributed by atoms with Crippen molar-refractivity contribution in [1.82, 2.24) is 5.32 Å². The maximum Gasteiger partial charge on any atom is 0.417 e. The molecule has 0 radical (unpaired) electrons. The lowest BCUT2D eigenvalue weighted by molar-refractivity contribution is -0.128. The number of nitrogens with zero attached hydrogens (tertiary/aromatic N) is 1. The van der Waals surface area contributed by atoms with Gasteiger partial charge in [0.1, 0.15) is 5.75 Å². The summed E-state index contributed by atoms with van der Waals surface area (Å²) < 4.78 is 58.3. The smallest absolute Gasteiger partial charge is 0.417 e. The zero-order valence-electron chi connectivity index (χ0n) is 21.2. The van der Waals surface area contributed by atoms with E-state index < -0.39 is 23.4 Å². The summed E-state index contributed by atoms with van der Waals surface area (Å²) in [6.45, 7) is 0.421. The highest BCUT2D eigenvalue weighted by Gasteiger charge is 2.45. The van der Waals surface area contributed by atoms with Gasteiger partial charge in [0.2, 0.25) is 11.6 Å². The van der Waals surface area contributed by atoms with E-state index in [0.29, 0.717) is 30.2 Å². The molecule has 3 atom stereocenters. The van der Waals surface area contributed by atoms with E-state index in [1.54, 1.807) is 37.4 Å². The quantitative estimate of drug-likeness (QED) is 0.458. The van der Waals surface area contributed by atoms with E-state index in [1.807, 2.05) is 18.2 Å². The van der Waals surface area contributed by atoms with Crippen molar-refractivity contribution in [3.8, 4) is 17.2 Å². The maximum absolute atomic E-state index is 13.5. The van der Waals surface area contributed by atoms with Gasteiger partial charge in [-0.05, 0) is 68.0 Å². The Kier molecular flexibility index (Phi) is 7.36. The van der Waals surface area contributed by atoms with Crippen LogP contribution in [0.1, 0.15) is 50.0 Å². The molecule has 1 saturated heterocycles. The number of halogens is 3. The molecule has 38 heavy (non-hydrogen) atoms. The fourth-order valence-electron chi connectivity index (χ4n) is 5.46. The number of allylic oxidation sites excluding steroid dienone is 1. The van der Waals surface area contributed by atoms with Crippen molar-refractivity contribution in [2.45, 2.75) is 62.4 Å². The number of amides is 1. The molecule has 2 aromatic rings. The summed E-state index contributed by atoms with van der Waals surface area (Å²) in [5.41, 5.74) is -1.54. The molecule has 1 amide bonds. The van der Waals surface area contributed by atoms with Crippen LogP contribution in [0.15, 0.2) is 65.2 Å². The molecule has 3 aliphatic rings. The molecule has 0 aromatic heterocycles. The number of carbonyl (C=O) groups is 1. The first-order valence-corrected chi connectivity index (χ1v) is 13.0. The Bertz CT molecular complexity index is 1210. The average molecular weight is 529 g/mol. The number of carbonyl (C=O) groups excluding carboxylic acids is 1. The van der Waals surface area contributed by atoms with Crippen molar-refractivity contribution in [2.24, 2.45) is 10.9 Å². The third kappa shape index (κ3) is 5.81. The van der Waals surface area contributed by atoms with Gasteiger partial charge in [-0.1, -0.05) is 24.3 Å². The van der Waals surface area contributed by atoms with Crippen molar-refractivity contribution >= 4 is 12.1 Å². The highest BCUT2D eigenvalue weighted by atomic mass is 19.4. The average Bonchev–Trinajstić information content (AvgIpc) is 3.56. The number of aliphatic imine (C=N–C) groups is 1. The highest BCUT2D eigenvalue weighted by molar-refractivity contribution is 5.84. The molecule has 9 heteroatoms. The molecule has 0 bridgehead atoms. The highest BCUT2D eigenvalue weighted by Crippen LogP contribution is 2.41. The molecule has 202 valence electrons. The third-order valence-electron chi connectivity index (χ3n) is 7.42. The molecule has 1 N–H and O–H groups in total. The first-order chi connectivity index (χ1) is 18.2. The molecule has 2 fully saturated rings. The van der Waals surface area contributed by atoms with Gasteiger partial charge in [0.05, 0.1) is 18.8 Å². The van der Waals surface area contributed by atoms with Crippen LogP contribution in [-0.4, -0.2) is 43.8 Å². The number of methoxy groups -OCH3 is 1. The van der Waals surface area contributed by atoms with Gasteiger partial charge in [-0.3, -0.25) is 4.79 Å². The molecule has 5 rings (SSSR count). The molecule has 1 aliphatic carbocycles. The summed E-state index contributed by atoms with van der Waals surface area (Å²) in [5, 5.41) is 2.94. The second-order valence-electron chi connectivity index (χ2n) is 10.1. The molecule has 2 aromatic carbocycles. The van der Waals surface area contributed by atoms with Crippen LogP contribution in [0.4, 0.5) is 13.2 Å². The Balaban J connectivity index is 1.38. The van der Waals surface area contributed by atoms with Crippen molar-refractivity contribution < 1.29 is 32.2 Å². The van der Waals surface area contributed by atoms with E-state index in [9.17, 15) is 18.0 Å². The first-order valence-electron chi connectivity index (χ1n) is 13.0. The number of hydrogen-bond acceptors (Lipinski definition) is 5. The van der Waals surface area contributed by atoms with E-state index >= 15 is 0 Å². The fraction of sp³-hybridized carbons (Fsp3) is 0.448. The number of para-hydroxylation sites is 1. The van der Waals surface area contributed by atoms with Crippen LogP contribution in [-0.2, 0) is 4.79 Å². The molecular formula is C29H31F3N2O4. The second-order valence-corrected chi connectivity index (χ2v) is 10.1. The monoisotopic (exact) mass is 528 g/mol. The van der Waals surface area contributed by atoms with Crippen molar-refractivity contribution in [3.05, 3.63) is 65.7 Å². The maximum atomic E-state index is 13.5. The number of alkyl halides is 3. The Morgan fingerprint density at radius 2 is 1.84 bits per heavy atom. The Hall–Kier alpha value is -3.49. The molecule has 2 heterocycles. The third-order valence-corrected chi connectivity index (χ3v) is 7.42. The van der Waals surface area contributed by atoms with Gasteiger partial charge in [-0.25, -0.2) is 4.99 Å². The van der Waals surface area contributed by atoms with Gasteiger partial charge in [-0.15, -0.1) is 0 Å². The number of rotatable bonds is 8. The van der Waals surface area contributed by atoms with Gasteiger partial charge in [0, 0.05) is 31.0 Å². The Labute approximate surface area is 219 Å². The van der Waals surface area contributed by atoms with Crippen LogP contribution in [0.2, 0.25) is 0 Å². The van der Waals surface area contributed by atoms with Crippen molar-refractivity contribution in [1.29, 1.82) is 0 Å². The van der Waals surface area contributed by atoms with E-state index in [0.717, 1.165) is 43.5 Å². The summed E-state index contributed by atoms with van der Waals surface area (Å²) in [6, 6.07) is 14.3. The predicted molar refractivity (Wildman–Crippen MR) is 137 cm³/mol. The van der Waals surface area contributed by atoms with Crippen LogP contribution in [0.25, 0.3) is 0 Å². The SMILES string of the molecule is COc1ccc([C@H]2CNC(=O)[C@@H](CC3(Oc4ccccc4)C=C(C(F)(F)F)C=N3)C2)cc1OC1CCCC1. The lowest BCUT2D eigenvalue weighted by atomic mass is 9.81. The zero-order valence-corrected chi connectivity index (χ0v) is 21.2. The fourth-order valence-corrected chi connectivity index (χ4v) is 5.46. The van der Waals surface area contributed by atoms with E-state index in [4.69, 9.17) is 14.2 Å². The minimum absolute atomic E-state index is 0.0259. The molecular weight excluding hydrogens is 497 g/mol. The van der Waals surface area contributed by atoms with Crippen molar-refractivity contribution in [3.63, 3.8) is 0 Å². The Morgan fingerprint density at radius 3 is 2.53 bits per heavy atom. The molecule has 0 spiro atoms. The van der Waals surface area contributed by atoms with Gasteiger partial charge in [-0.2, -0.15) is 13.2 Å². The lowest BCUT2D eigenvalue weighted by Gasteiger charge is -2.34. The largest absolute Gasteiger partial charge is 0.493 e. The summed E-state index contributed by atoms with van der Waals surface area (Å²) >= 11 is 0. The summed E-state index contributed by atoms with van der Waals surface area (Å²) in [6.07, 6.45) is 2.07.